The molecule has 0 unspecified atom stereocenters. The summed E-state index contributed by atoms with van der Waals surface area (Å²) in [4.78, 5) is 4.30. The molecule has 0 amide bonds. The first-order valence-electron chi connectivity index (χ1n) is 4.28. The molecule has 0 aliphatic carbocycles. The van der Waals surface area contributed by atoms with E-state index in [4.69, 9.17) is 10.00 Å². The summed E-state index contributed by atoms with van der Waals surface area (Å²) in [7, 11) is 1.58. The zero-order valence-corrected chi connectivity index (χ0v) is 9.30. The molecule has 74 valence electrons. The standard InChI is InChI=1S/C10H18N2O/c1-9(2,3)12-8(7-11)10(4,5)13-6/h1-6H3. The summed E-state index contributed by atoms with van der Waals surface area (Å²) in [6.07, 6.45) is 0. The number of ether oxygens (including phenoxy) is 1. The number of nitrogens with zero attached hydrogens (tertiary/aromatic N) is 2. The summed E-state index contributed by atoms with van der Waals surface area (Å²) in [6.45, 7) is 9.53. The molecule has 13 heavy (non-hydrogen) atoms. The molecule has 0 aliphatic heterocycles. The van der Waals surface area contributed by atoms with E-state index in [-0.39, 0.29) is 5.54 Å². The first-order chi connectivity index (χ1) is 5.73. The minimum absolute atomic E-state index is 0.235. The molecule has 0 aromatic heterocycles. The fraction of sp³-hybridized carbons (Fsp3) is 0.800. The molecular formula is C10H18N2O. The summed E-state index contributed by atoms with van der Waals surface area (Å²) < 4.78 is 5.18. The molecule has 0 saturated heterocycles. The van der Waals surface area contributed by atoms with Gasteiger partial charge in [0.1, 0.15) is 17.4 Å². The highest BCUT2D eigenvalue weighted by Crippen LogP contribution is 2.15. The van der Waals surface area contributed by atoms with Crippen LogP contribution >= 0.6 is 0 Å². The summed E-state index contributed by atoms with van der Waals surface area (Å²) in [5.74, 6) is 0. The monoisotopic (exact) mass is 182 g/mol. The highest BCUT2D eigenvalue weighted by Gasteiger charge is 2.26. The lowest BCUT2D eigenvalue weighted by atomic mass is 10.0. The molecule has 0 spiro atoms. The Balaban J connectivity index is 4.95. The quantitative estimate of drug-likeness (QED) is 0.614. The van der Waals surface area contributed by atoms with Crippen LogP contribution in [-0.2, 0) is 4.74 Å². The zero-order chi connectivity index (χ0) is 10.7. The summed E-state index contributed by atoms with van der Waals surface area (Å²) in [5, 5.41) is 8.90. The van der Waals surface area contributed by atoms with Gasteiger partial charge in [0.2, 0.25) is 0 Å². The zero-order valence-electron chi connectivity index (χ0n) is 9.30. The topological polar surface area (TPSA) is 45.4 Å². The van der Waals surface area contributed by atoms with Crippen molar-refractivity contribution in [2.45, 2.75) is 45.8 Å². The Morgan fingerprint density at radius 2 is 1.69 bits per heavy atom. The van der Waals surface area contributed by atoms with Crippen molar-refractivity contribution in [1.82, 2.24) is 0 Å². The maximum absolute atomic E-state index is 8.90. The molecule has 0 rings (SSSR count). The fourth-order valence-electron chi connectivity index (χ4n) is 0.726. The van der Waals surface area contributed by atoms with Crippen LogP contribution in [0.25, 0.3) is 0 Å². The first kappa shape index (κ1) is 12.1. The van der Waals surface area contributed by atoms with Gasteiger partial charge < -0.3 is 4.74 Å². The number of methoxy groups -OCH3 is 1. The Kier molecular flexibility index (Phi) is 3.62. The number of rotatable bonds is 2. The van der Waals surface area contributed by atoms with E-state index in [1.165, 1.54) is 0 Å². The van der Waals surface area contributed by atoms with Gasteiger partial charge in [0.05, 0.1) is 5.54 Å². The highest BCUT2D eigenvalue weighted by atomic mass is 16.5. The molecule has 0 radical (unpaired) electrons. The second kappa shape index (κ2) is 3.89. The predicted octanol–water partition coefficient (Wildman–Crippen LogP) is 2.17. The fourth-order valence-corrected chi connectivity index (χ4v) is 0.726. The molecule has 0 aromatic rings. The van der Waals surface area contributed by atoms with Crippen molar-refractivity contribution < 1.29 is 4.74 Å². The molecule has 0 atom stereocenters. The van der Waals surface area contributed by atoms with E-state index < -0.39 is 5.60 Å². The molecule has 0 fully saturated rings. The van der Waals surface area contributed by atoms with E-state index >= 15 is 0 Å². The average molecular weight is 182 g/mol. The number of hydrogen-bond donors (Lipinski definition) is 0. The van der Waals surface area contributed by atoms with Crippen molar-refractivity contribution in [3.05, 3.63) is 0 Å². The Morgan fingerprint density at radius 3 is 1.92 bits per heavy atom. The molecule has 3 heteroatoms. The van der Waals surface area contributed by atoms with Gasteiger partial charge in [-0.1, -0.05) is 0 Å². The van der Waals surface area contributed by atoms with Gasteiger partial charge in [-0.25, -0.2) is 0 Å². The number of hydrogen-bond acceptors (Lipinski definition) is 3. The van der Waals surface area contributed by atoms with E-state index in [1.54, 1.807) is 7.11 Å². The highest BCUT2D eigenvalue weighted by molar-refractivity contribution is 6.04. The summed E-state index contributed by atoms with van der Waals surface area (Å²) in [6, 6.07) is 2.07. The number of nitriles is 1. The molecule has 0 aromatic carbocycles. The molecule has 0 N–H and O–H groups in total. The Morgan fingerprint density at radius 1 is 1.23 bits per heavy atom. The van der Waals surface area contributed by atoms with E-state index in [9.17, 15) is 0 Å². The second-order valence-electron chi connectivity index (χ2n) is 4.46. The number of aliphatic imine (C=N–C) groups is 1. The Labute approximate surface area is 80.4 Å². The Hall–Kier alpha value is -0.880. The Bertz CT molecular complexity index is 241. The largest absolute Gasteiger partial charge is 0.372 e. The predicted molar refractivity (Wildman–Crippen MR) is 53.9 cm³/mol. The lowest BCUT2D eigenvalue weighted by Gasteiger charge is -2.23. The minimum Gasteiger partial charge on any atom is -0.372 e. The van der Waals surface area contributed by atoms with Gasteiger partial charge in [-0.3, -0.25) is 4.99 Å². The van der Waals surface area contributed by atoms with Gasteiger partial charge >= 0.3 is 0 Å². The van der Waals surface area contributed by atoms with Crippen LogP contribution in [0, 0.1) is 11.3 Å². The maximum Gasteiger partial charge on any atom is 0.144 e. The van der Waals surface area contributed by atoms with Crippen LogP contribution < -0.4 is 0 Å². The molecule has 3 nitrogen and oxygen atoms in total. The van der Waals surface area contributed by atoms with Gasteiger partial charge in [0.15, 0.2) is 0 Å². The van der Waals surface area contributed by atoms with Gasteiger partial charge in [0, 0.05) is 7.11 Å². The third kappa shape index (κ3) is 4.05. The third-order valence-corrected chi connectivity index (χ3v) is 1.63. The first-order valence-corrected chi connectivity index (χ1v) is 4.28. The van der Waals surface area contributed by atoms with Crippen LogP contribution in [0.15, 0.2) is 4.99 Å². The van der Waals surface area contributed by atoms with Crippen LogP contribution in [0.3, 0.4) is 0 Å². The third-order valence-electron chi connectivity index (χ3n) is 1.63. The van der Waals surface area contributed by atoms with Crippen molar-refractivity contribution in [3.63, 3.8) is 0 Å². The van der Waals surface area contributed by atoms with Gasteiger partial charge in [-0.2, -0.15) is 5.26 Å². The van der Waals surface area contributed by atoms with Crippen molar-refractivity contribution in [2.75, 3.05) is 7.11 Å². The average Bonchev–Trinajstić information content (AvgIpc) is 1.98. The van der Waals surface area contributed by atoms with Crippen LogP contribution in [0.2, 0.25) is 0 Å². The molecule has 0 saturated carbocycles. The van der Waals surface area contributed by atoms with E-state index in [1.807, 2.05) is 34.6 Å². The van der Waals surface area contributed by atoms with Gasteiger partial charge in [0.25, 0.3) is 0 Å². The van der Waals surface area contributed by atoms with Crippen molar-refractivity contribution in [1.29, 1.82) is 5.26 Å². The molecular weight excluding hydrogens is 164 g/mol. The van der Waals surface area contributed by atoms with Crippen molar-refractivity contribution >= 4 is 5.71 Å². The summed E-state index contributed by atoms with van der Waals surface area (Å²) in [5.41, 5.74) is -0.398. The SMILES string of the molecule is COC(C)(C)C(C#N)=NC(C)(C)C. The maximum atomic E-state index is 8.90. The molecule has 0 bridgehead atoms. The van der Waals surface area contributed by atoms with Crippen molar-refractivity contribution in [2.24, 2.45) is 4.99 Å². The van der Waals surface area contributed by atoms with Crippen LogP contribution in [0.5, 0.6) is 0 Å². The lowest BCUT2D eigenvalue weighted by molar-refractivity contribution is 0.0833. The minimum atomic E-state index is -0.595. The van der Waals surface area contributed by atoms with E-state index in [0.29, 0.717) is 5.71 Å². The summed E-state index contributed by atoms with van der Waals surface area (Å²) >= 11 is 0. The van der Waals surface area contributed by atoms with Crippen LogP contribution in [-0.4, -0.2) is 24.0 Å². The lowest BCUT2D eigenvalue weighted by Crippen LogP contribution is -2.34. The van der Waals surface area contributed by atoms with E-state index in [0.717, 1.165) is 0 Å². The van der Waals surface area contributed by atoms with Crippen LogP contribution in [0.1, 0.15) is 34.6 Å². The van der Waals surface area contributed by atoms with Crippen LogP contribution in [0.4, 0.5) is 0 Å². The molecule has 0 heterocycles. The smallest absolute Gasteiger partial charge is 0.144 e. The normalized spacial score (nSPS) is 14.1. The van der Waals surface area contributed by atoms with Crippen molar-refractivity contribution in [3.8, 4) is 6.07 Å². The van der Waals surface area contributed by atoms with Gasteiger partial charge in [-0.05, 0) is 34.6 Å². The van der Waals surface area contributed by atoms with Gasteiger partial charge in [-0.15, -0.1) is 0 Å². The second-order valence-corrected chi connectivity index (χ2v) is 4.46. The molecule has 0 aliphatic rings. The van der Waals surface area contributed by atoms with E-state index in [2.05, 4.69) is 11.1 Å².